The molecule has 1 saturated heterocycles. The average molecular weight is 691 g/mol. The van der Waals surface area contributed by atoms with E-state index in [4.69, 9.17) is 27.9 Å². The summed E-state index contributed by atoms with van der Waals surface area (Å²) in [5.74, 6) is -0.998. The number of aromatic nitrogens is 2. The van der Waals surface area contributed by atoms with Crippen LogP contribution >= 0.6 is 46.3 Å². The van der Waals surface area contributed by atoms with Gasteiger partial charge in [-0.25, -0.2) is 0 Å². The maximum absolute atomic E-state index is 13.5. The van der Waals surface area contributed by atoms with Gasteiger partial charge in [-0.15, -0.1) is 10.2 Å². The van der Waals surface area contributed by atoms with Crippen LogP contribution in [-0.4, -0.2) is 32.1 Å². The molecule has 0 bridgehead atoms. The molecule has 0 saturated carbocycles. The molecule has 0 spiro atoms. The van der Waals surface area contributed by atoms with E-state index in [9.17, 15) is 19.8 Å². The van der Waals surface area contributed by atoms with E-state index < -0.39 is 17.7 Å². The summed E-state index contributed by atoms with van der Waals surface area (Å²) in [5.41, 5.74) is 3.73. The van der Waals surface area contributed by atoms with Gasteiger partial charge in [0.1, 0.15) is 23.9 Å². The Hall–Kier alpha value is -4.35. The van der Waals surface area contributed by atoms with Crippen molar-refractivity contribution in [1.82, 2.24) is 10.2 Å². The molecule has 1 fully saturated rings. The third-order valence-corrected chi connectivity index (χ3v) is 10.1. The Kier molecular flexibility index (Phi) is 9.32. The third-order valence-electron chi connectivity index (χ3n) is 7.40. The molecule has 0 radical (unpaired) electrons. The molecule has 6 rings (SSSR count). The number of aryl methyl sites for hydroxylation is 1. The van der Waals surface area contributed by atoms with E-state index >= 15 is 0 Å². The van der Waals surface area contributed by atoms with Crippen molar-refractivity contribution in [3.05, 3.63) is 134 Å². The van der Waals surface area contributed by atoms with Crippen LogP contribution in [0.2, 0.25) is 10.0 Å². The van der Waals surface area contributed by atoms with Crippen LogP contribution in [-0.2, 0) is 21.9 Å². The Morgan fingerprint density at radius 3 is 2.41 bits per heavy atom. The molecular weight excluding hydrogens is 665 g/mol. The topological polar surface area (TPSA) is 113 Å². The first kappa shape index (κ1) is 31.6. The lowest BCUT2D eigenvalue weighted by Gasteiger charge is -2.22. The van der Waals surface area contributed by atoms with Crippen LogP contribution in [0.1, 0.15) is 33.9 Å². The summed E-state index contributed by atoms with van der Waals surface area (Å²) in [4.78, 5) is 28.3. The number of hydrogen-bond acceptors (Lipinski definition) is 9. The number of amides is 1. The maximum atomic E-state index is 13.5. The first-order chi connectivity index (χ1) is 22.2. The predicted molar refractivity (Wildman–Crippen MR) is 181 cm³/mol. The summed E-state index contributed by atoms with van der Waals surface area (Å²) in [6, 6.07) is 24.9. The minimum atomic E-state index is -1.02. The minimum Gasteiger partial charge on any atom is -0.508 e. The van der Waals surface area contributed by atoms with Crippen LogP contribution in [0.5, 0.6) is 11.5 Å². The number of aliphatic hydroxyl groups is 1. The summed E-state index contributed by atoms with van der Waals surface area (Å²) in [6.07, 6.45) is 0. The minimum absolute atomic E-state index is 0.0115. The van der Waals surface area contributed by atoms with Crippen LogP contribution in [0.3, 0.4) is 0 Å². The maximum Gasteiger partial charge on any atom is 0.301 e. The van der Waals surface area contributed by atoms with E-state index in [1.54, 1.807) is 48.5 Å². The number of rotatable bonds is 9. The first-order valence-corrected chi connectivity index (χ1v) is 16.5. The normalized spacial score (nSPS) is 15.8. The molecule has 5 aromatic rings. The quantitative estimate of drug-likeness (QED) is 0.0522. The van der Waals surface area contributed by atoms with E-state index in [2.05, 4.69) is 10.2 Å². The summed E-state index contributed by atoms with van der Waals surface area (Å²) in [5, 5.41) is 31.1. The zero-order valence-corrected chi connectivity index (χ0v) is 27.3. The SMILES string of the molecule is Cc1ccccc1COc1ccc(/C(O)=C2\C(=O)C(=O)N(c3nnc(SCc4ccc(Cl)cc4Cl)s3)C2c2ccc(O)cc2)cc1. The molecule has 1 aromatic heterocycles. The smallest absolute Gasteiger partial charge is 0.301 e. The Labute approximate surface area is 282 Å². The molecule has 232 valence electrons. The molecule has 12 heteroatoms. The molecule has 1 aliphatic rings. The fraction of sp³-hybridized carbons (Fsp3) is 0.118. The van der Waals surface area contributed by atoms with Crippen LogP contribution in [0, 0.1) is 6.92 Å². The van der Waals surface area contributed by atoms with Gasteiger partial charge in [0.05, 0.1) is 11.6 Å². The third kappa shape index (κ3) is 6.61. The van der Waals surface area contributed by atoms with Crippen LogP contribution < -0.4 is 9.64 Å². The van der Waals surface area contributed by atoms with Gasteiger partial charge in [0.15, 0.2) is 4.34 Å². The fourth-order valence-electron chi connectivity index (χ4n) is 4.94. The summed E-state index contributed by atoms with van der Waals surface area (Å²) < 4.78 is 6.48. The molecule has 8 nitrogen and oxygen atoms in total. The number of carbonyl (C=O) groups excluding carboxylic acids is 2. The van der Waals surface area contributed by atoms with Gasteiger partial charge in [-0.2, -0.15) is 0 Å². The molecule has 1 unspecified atom stereocenters. The van der Waals surface area contributed by atoms with Gasteiger partial charge in [0.2, 0.25) is 5.13 Å². The number of ketones is 1. The van der Waals surface area contributed by atoms with Crippen LogP contribution in [0.4, 0.5) is 5.13 Å². The number of hydrogen-bond donors (Lipinski definition) is 2. The van der Waals surface area contributed by atoms with Crippen molar-refractivity contribution in [3.63, 3.8) is 0 Å². The molecule has 2 heterocycles. The van der Waals surface area contributed by atoms with Crippen molar-refractivity contribution in [1.29, 1.82) is 0 Å². The lowest BCUT2D eigenvalue weighted by Crippen LogP contribution is -2.29. The van der Waals surface area contributed by atoms with Crippen molar-refractivity contribution >= 4 is 68.9 Å². The van der Waals surface area contributed by atoms with E-state index in [0.29, 0.717) is 43.6 Å². The first-order valence-electron chi connectivity index (χ1n) is 14.0. The van der Waals surface area contributed by atoms with Gasteiger partial charge in [-0.05, 0) is 77.7 Å². The van der Waals surface area contributed by atoms with E-state index in [-0.39, 0.29) is 22.2 Å². The molecule has 0 aliphatic carbocycles. The van der Waals surface area contributed by atoms with Gasteiger partial charge >= 0.3 is 5.91 Å². The molecule has 1 atom stereocenters. The van der Waals surface area contributed by atoms with Gasteiger partial charge in [0.25, 0.3) is 5.78 Å². The number of aromatic hydroxyl groups is 1. The lowest BCUT2D eigenvalue weighted by molar-refractivity contribution is -0.132. The molecule has 46 heavy (non-hydrogen) atoms. The number of halogens is 2. The zero-order chi connectivity index (χ0) is 32.4. The largest absolute Gasteiger partial charge is 0.508 e. The average Bonchev–Trinajstić information content (AvgIpc) is 3.62. The Balaban J connectivity index is 1.29. The van der Waals surface area contributed by atoms with Crippen molar-refractivity contribution in [3.8, 4) is 11.5 Å². The second kappa shape index (κ2) is 13.6. The van der Waals surface area contributed by atoms with E-state index in [1.165, 1.54) is 28.8 Å². The number of nitrogens with zero attached hydrogens (tertiary/aromatic N) is 3. The summed E-state index contributed by atoms with van der Waals surface area (Å²) in [7, 11) is 0. The predicted octanol–water partition coefficient (Wildman–Crippen LogP) is 8.36. The van der Waals surface area contributed by atoms with Gasteiger partial charge < -0.3 is 14.9 Å². The van der Waals surface area contributed by atoms with Gasteiger partial charge in [-0.1, -0.05) is 88.8 Å². The van der Waals surface area contributed by atoms with Gasteiger partial charge in [0, 0.05) is 21.4 Å². The molecule has 2 N–H and O–H groups in total. The number of ether oxygens (including phenoxy) is 1. The number of benzene rings is 4. The molecule has 1 amide bonds. The van der Waals surface area contributed by atoms with Crippen molar-refractivity contribution in [2.45, 2.75) is 29.7 Å². The lowest BCUT2D eigenvalue weighted by atomic mass is 9.95. The number of Topliss-reactive ketones (excluding diaryl/α,β-unsaturated/α-hetero) is 1. The monoisotopic (exact) mass is 689 g/mol. The summed E-state index contributed by atoms with van der Waals surface area (Å²) >= 11 is 14.8. The standard InChI is InChI=1S/C34H25Cl2N3O5S2/c1-19-4-2-3-5-22(19)17-44-26-14-9-21(10-15-26)30(41)28-29(20-7-12-25(40)13-8-20)39(32(43)31(28)42)33-37-38-34(46-33)45-18-23-6-11-24(35)16-27(23)36/h2-16,29,40-41H,17-18H2,1H3/b30-28+. The zero-order valence-electron chi connectivity index (χ0n) is 24.2. The number of carbonyl (C=O) groups is 2. The highest BCUT2D eigenvalue weighted by Crippen LogP contribution is 2.44. The van der Waals surface area contributed by atoms with Crippen LogP contribution in [0.15, 0.2) is 101 Å². The van der Waals surface area contributed by atoms with Crippen LogP contribution in [0.25, 0.3) is 5.76 Å². The Morgan fingerprint density at radius 1 is 0.957 bits per heavy atom. The number of thioether (sulfide) groups is 1. The summed E-state index contributed by atoms with van der Waals surface area (Å²) in [6.45, 7) is 2.39. The number of phenols is 1. The van der Waals surface area contributed by atoms with Gasteiger partial charge in [-0.3, -0.25) is 14.5 Å². The molecule has 4 aromatic carbocycles. The van der Waals surface area contributed by atoms with E-state index in [0.717, 1.165) is 28.0 Å². The number of phenolic OH excluding ortho intramolecular Hbond substituents is 1. The number of anilines is 1. The fourth-order valence-corrected chi connectivity index (χ4v) is 7.36. The molecule has 1 aliphatic heterocycles. The highest BCUT2D eigenvalue weighted by atomic mass is 35.5. The number of aliphatic hydroxyl groups excluding tert-OH is 1. The highest BCUT2D eigenvalue weighted by molar-refractivity contribution is 8.00. The Morgan fingerprint density at radius 2 is 1.70 bits per heavy atom. The second-order valence-corrected chi connectivity index (χ2v) is 13.4. The van der Waals surface area contributed by atoms with E-state index in [1.807, 2.05) is 37.3 Å². The van der Waals surface area contributed by atoms with Crippen molar-refractivity contribution in [2.75, 3.05) is 4.90 Å². The Bertz CT molecular complexity index is 1960. The highest BCUT2D eigenvalue weighted by Gasteiger charge is 2.48. The second-order valence-electron chi connectivity index (χ2n) is 10.4. The van der Waals surface area contributed by atoms with Crippen molar-refractivity contribution in [2.24, 2.45) is 0 Å². The molecular formula is C34H25Cl2N3O5S2. The van der Waals surface area contributed by atoms with Crippen molar-refractivity contribution < 1.29 is 24.5 Å².